The van der Waals surface area contributed by atoms with E-state index in [0.717, 1.165) is 18.4 Å². The molecule has 1 amide bonds. The highest BCUT2D eigenvalue weighted by Crippen LogP contribution is 2.41. The number of benzene rings is 2. The lowest BCUT2D eigenvalue weighted by atomic mass is 10.0. The van der Waals surface area contributed by atoms with Crippen LogP contribution in [0.2, 0.25) is 0 Å². The summed E-state index contributed by atoms with van der Waals surface area (Å²) in [6.07, 6.45) is 1.66. The average molecular weight is 281 g/mol. The van der Waals surface area contributed by atoms with Gasteiger partial charge in [-0.15, -0.1) is 0 Å². The van der Waals surface area contributed by atoms with Gasteiger partial charge in [-0.1, -0.05) is 30.3 Å². The molecule has 2 aliphatic carbocycles. The Hall–Kier alpha value is -2.49. The van der Waals surface area contributed by atoms with Gasteiger partial charge in [-0.2, -0.15) is 0 Å². The fourth-order valence-electron chi connectivity index (χ4n) is 2.78. The maximum Gasteiger partial charge on any atom is 0.227 e. The maximum atomic E-state index is 14.1. The van der Waals surface area contributed by atoms with Crippen LogP contribution < -0.4 is 5.32 Å². The van der Waals surface area contributed by atoms with Gasteiger partial charge in [-0.05, 0) is 30.0 Å². The van der Waals surface area contributed by atoms with Crippen LogP contribution in [-0.2, 0) is 4.79 Å². The van der Waals surface area contributed by atoms with E-state index in [2.05, 4.69) is 5.32 Å². The van der Waals surface area contributed by atoms with Crippen LogP contribution in [0.3, 0.4) is 0 Å². The number of hydrogen-bond donors (Lipinski definition) is 1. The first-order valence-electron chi connectivity index (χ1n) is 6.94. The maximum absolute atomic E-state index is 14.1. The molecule has 0 radical (unpaired) electrons. The molecule has 4 rings (SSSR count). The normalized spacial score (nSPS) is 15.6. The van der Waals surface area contributed by atoms with E-state index >= 15 is 0 Å². The van der Waals surface area contributed by atoms with Crippen molar-refractivity contribution in [3.8, 4) is 11.1 Å². The Kier molecular flexibility index (Phi) is 2.48. The van der Waals surface area contributed by atoms with Crippen LogP contribution >= 0.6 is 0 Å². The molecule has 3 nitrogen and oxygen atoms in total. The van der Waals surface area contributed by atoms with E-state index in [1.807, 2.05) is 12.1 Å². The minimum Gasteiger partial charge on any atom is -0.323 e. The third kappa shape index (κ3) is 1.79. The first-order chi connectivity index (χ1) is 10.2. The molecule has 104 valence electrons. The van der Waals surface area contributed by atoms with E-state index < -0.39 is 5.82 Å². The number of carbonyl (C=O) groups is 2. The zero-order chi connectivity index (χ0) is 14.6. The molecule has 21 heavy (non-hydrogen) atoms. The van der Waals surface area contributed by atoms with Gasteiger partial charge in [0.15, 0.2) is 5.78 Å². The molecule has 1 fully saturated rings. The number of halogens is 1. The van der Waals surface area contributed by atoms with Crippen molar-refractivity contribution in [1.82, 2.24) is 0 Å². The summed E-state index contributed by atoms with van der Waals surface area (Å²) in [6.45, 7) is 0. The summed E-state index contributed by atoms with van der Waals surface area (Å²) < 4.78 is 14.1. The number of hydrogen-bond acceptors (Lipinski definition) is 2. The second-order valence-corrected chi connectivity index (χ2v) is 5.48. The first kappa shape index (κ1) is 12.3. The molecule has 0 spiro atoms. The van der Waals surface area contributed by atoms with Gasteiger partial charge in [-0.25, -0.2) is 4.39 Å². The molecule has 0 atom stereocenters. The summed E-state index contributed by atoms with van der Waals surface area (Å²) in [7, 11) is 0. The largest absolute Gasteiger partial charge is 0.323 e. The lowest BCUT2D eigenvalue weighted by Crippen LogP contribution is -2.17. The Labute approximate surface area is 120 Å². The molecule has 1 N–H and O–H groups in total. The molecule has 0 aliphatic heterocycles. The summed E-state index contributed by atoms with van der Waals surface area (Å²) in [4.78, 5) is 24.4. The Morgan fingerprint density at radius 3 is 2.48 bits per heavy atom. The van der Waals surface area contributed by atoms with Gasteiger partial charge in [0.05, 0.1) is 11.3 Å². The molecule has 0 saturated heterocycles. The van der Waals surface area contributed by atoms with Crippen LogP contribution in [0.15, 0.2) is 36.4 Å². The summed E-state index contributed by atoms with van der Waals surface area (Å²) in [5.74, 6) is -1.04. The van der Waals surface area contributed by atoms with Crippen LogP contribution in [0.1, 0.15) is 28.8 Å². The Morgan fingerprint density at radius 1 is 1.05 bits per heavy atom. The van der Waals surface area contributed by atoms with E-state index in [1.165, 1.54) is 6.07 Å². The van der Waals surface area contributed by atoms with Crippen LogP contribution in [0.4, 0.5) is 10.1 Å². The van der Waals surface area contributed by atoms with Crippen molar-refractivity contribution in [3.63, 3.8) is 0 Å². The number of carbonyl (C=O) groups excluding carboxylic acids is 2. The first-order valence-corrected chi connectivity index (χ1v) is 6.94. The van der Waals surface area contributed by atoms with Gasteiger partial charge in [0.2, 0.25) is 5.91 Å². The highest BCUT2D eigenvalue weighted by atomic mass is 19.1. The van der Waals surface area contributed by atoms with Crippen molar-refractivity contribution < 1.29 is 14.0 Å². The van der Waals surface area contributed by atoms with E-state index in [9.17, 15) is 14.0 Å². The van der Waals surface area contributed by atoms with Gasteiger partial charge >= 0.3 is 0 Å². The van der Waals surface area contributed by atoms with Crippen molar-refractivity contribution in [1.29, 1.82) is 0 Å². The fraction of sp³-hybridized carbons (Fsp3) is 0.176. The zero-order valence-electron chi connectivity index (χ0n) is 11.2. The highest BCUT2D eigenvalue weighted by molar-refractivity contribution is 6.25. The molecular formula is C17H12FNO2. The lowest BCUT2D eigenvalue weighted by Gasteiger charge is -2.10. The predicted octanol–water partition coefficient (Wildman–Crippen LogP) is 3.39. The van der Waals surface area contributed by atoms with E-state index in [1.54, 1.807) is 18.2 Å². The highest BCUT2D eigenvalue weighted by Gasteiger charge is 2.34. The number of ketones is 1. The number of rotatable bonds is 2. The van der Waals surface area contributed by atoms with Gasteiger partial charge in [0, 0.05) is 11.5 Å². The minimum absolute atomic E-state index is 0.0191. The summed E-state index contributed by atoms with van der Waals surface area (Å²) >= 11 is 0. The van der Waals surface area contributed by atoms with Crippen molar-refractivity contribution in [3.05, 3.63) is 53.3 Å². The number of amides is 1. The van der Waals surface area contributed by atoms with Gasteiger partial charge < -0.3 is 5.32 Å². The Balaban J connectivity index is 1.86. The lowest BCUT2D eigenvalue weighted by molar-refractivity contribution is -0.117. The molecule has 2 aromatic carbocycles. The fourth-order valence-corrected chi connectivity index (χ4v) is 2.78. The summed E-state index contributed by atoms with van der Waals surface area (Å²) in [5.41, 5.74) is 2.32. The molecule has 2 aliphatic rings. The molecule has 0 heterocycles. The SMILES string of the molecule is O=C1c2ccccc2-c2ccc(F)c(NC(=O)C3CC3)c21. The minimum atomic E-state index is -0.566. The van der Waals surface area contributed by atoms with Crippen LogP contribution in [-0.4, -0.2) is 11.7 Å². The zero-order valence-corrected chi connectivity index (χ0v) is 11.2. The van der Waals surface area contributed by atoms with Crippen LogP contribution in [0, 0.1) is 11.7 Å². The second kappa shape index (κ2) is 4.25. The molecule has 0 bridgehead atoms. The topological polar surface area (TPSA) is 46.2 Å². The summed E-state index contributed by atoms with van der Waals surface area (Å²) in [6, 6.07) is 10.1. The molecule has 1 saturated carbocycles. The smallest absolute Gasteiger partial charge is 0.227 e. The van der Waals surface area contributed by atoms with Crippen molar-refractivity contribution >= 4 is 17.4 Å². The molecule has 4 heteroatoms. The Bertz CT molecular complexity index is 793. The summed E-state index contributed by atoms with van der Waals surface area (Å²) in [5, 5.41) is 2.60. The second-order valence-electron chi connectivity index (χ2n) is 5.48. The molecule has 0 aromatic heterocycles. The van der Waals surface area contributed by atoms with Crippen molar-refractivity contribution in [2.75, 3.05) is 5.32 Å². The monoisotopic (exact) mass is 281 g/mol. The molecule has 2 aromatic rings. The quantitative estimate of drug-likeness (QED) is 0.782. The van der Waals surface area contributed by atoms with Gasteiger partial charge in [0.1, 0.15) is 5.82 Å². The third-order valence-electron chi connectivity index (χ3n) is 4.04. The van der Waals surface area contributed by atoms with Crippen molar-refractivity contribution in [2.24, 2.45) is 5.92 Å². The van der Waals surface area contributed by atoms with E-state index in [0.29, 0.717) is 11.1 Å². The van der Waals surface area contributed by atoms with E-state index in [4.69, 9.17) is 0 Å². The van der Waals surface area contributed by atoms with Crippen molar-refractivity contribution in [2.45, 2.75) is 12.8 Å². The predicted molar refractivity (Wildman–Crippen MR) is 76.6 cm³/mol. The average Bonchev–Trinajstić information content (AvgIpc) is 3.29. The molecule has 0 unspecified atom stereocenters. The van der Waals surface area contributed by atoms with Crippen LogP contribution in [0.25, 0.3) is 11.1 Å². The third-order valence-corrected chi connectivity index (χ3v) is 4.04. The number of anilines is 1. The van der Waals surface area contributed by atoms with Gasteiger partial charge in [-0.3, -0.25) is 9.59 Å². The number of fused-ring (bicyclic) bond motifs is 3. The van der Waals surface area contributed by atoms with E-state index in [-0.39, 0.29) is 28.9 Å². The standard InChI is InChI=1S/C17H12FNO2/c18-13-8-7-11-10-3-1-2-4-12(10)16(20)14(11)15(13)19-17(21)9-5-6-9/h1-4,7-9H,5-6H2,(H,19,21). The number of nitrogens with one attached hydrogen (secondary N) is 1. The van der Waals surface area contributed by atoms with Gasteiger partial charge in [0.25, 0.3) is 0 Å². The van der Waals surface area contributed by atoms with Crippen LogP contribution in [0.5, 0.6) is 0 Å². The molecular weight excluding hydrogens is 269 g/mol. The Morgan fingerprint density at radius 2 is 1.76 bits per heavy atom.